The van der Waals surface area contributed by atoms with Crippen molar-refractivity contribution in [2.45, 2.75) is 26.2 Å². The molecule has 0 aliphatic heterocycles. The van der Waals surface area contributed by atoms with Gasteiger partial charge < -0.3 is 15.5 Å². The molecule has 0 saturated heterocycles. The number of nitrogens with two attached hydrogens (primary N) is 1. The van der Waals surface area contributed by atoms with Crippen molar-refractivity contribution >= 4 is 42.4 Å². The summed E-state index contributed by atoms with van der Waals surface area (Å²) < 4.78 is 8.44. The van der Waals surface area contributed by atoms with Crippen molar-refractivity contribution in [3.8, 4) is 17.0 Å². The first-order chi connectivity index (χ1) is 14.8. The van der Waals surface area contributed by atoms with Gasteiger partial charge in [0, 0.05) is 36.8 Å². The van der Waals surface area contributed by atoms with Gasteiger partial charge in [0.05, 0.1) is 6.61 Å². The van der Waals surface area contributed by atoms with Crippen molar-refractivity contribution in [2.24, 2.45) is 5.73 Å². The molecule has 5 rings (SSSR count). The molecule has 0 aliphatic carbocycles. The minimum atomic E-state index is 0.674. The van der Waals surface area contributed by atoms with Crippen LogP contribution in [0.25, 0.3) is 42.3 Å². The van der Waals surface area contributed by atoms with Crippen LogP contribution in [-0.4, -0.2) is 18.1 Å². The van der Waals surface area contributed by atoms with Crippen molar-refractivity contribution in [1.82, 2.24) is 4.98 Å². The summed E-state index contributed by atoms with van der Waals surface area (Å²) >= 11 is 1.86. The van der Waals surface area contributed by atoms with E-state index in [4.69, 9.17) is 10.5 Å². The normalized spacial score (nSPS) is 11.7. The average Bonchev–Trinajstić information content (AvgIpc) is 3.32. The molecule has 2 aromatic heterocycles. The molecule has 0 radical (unpaired) electrons. The number of unbranched alkanes of at least 4 members (excludes halogenated alkanes) is 1. The number of hydrogen-bond acceptors (Lipinski definition) is 3. The molecule has 0 spiro atoms. The first kappa shape index (κ1) is 19.2. The second kappa shape index (κ2) is 8.13. The summed E-state index contributed by atoms with van der Waals surface area (Å²) in [7, 11) is 0. The van der Waals surface area contributed by atoms with Gasteiger partial charge in [-0.2, -0.15) is 0 Å². The Morgan fingerprint density at radius 1 is 0.900 bits per heavy atom. The molecule has 0 amide bonds. The molecule has 30 heavy (non-hydrogen) atoms. The second-order valence-corrected chi connectivity index (χ2v) is 8.76. The number of aromatic nitrogens is 1. The second-order valence-electron chi connectivity index (χ2n) is 7.67. The van der Waals surface area contributed by atoms with Crippen molar-refractivity contribution in [1.29, 1.82) is 0 Å². The minimum Gasteiger partial charge on any atom is -0.494 e. The van der Waals surface area contributed by atoms with Crippen LogP contribution in [0.1, 0.15) is 25.3 Å². The zero-order chi connectivity index (χ0) is 20.5. The van der Waals surface area contributed by atoms with Gasteiger partial charge in [-0.25, -0.2) is 0 Å². The quantitative estimate of drug-likeness (QED) is 0.285. The molecule has 5 aromatic rings. The SMILES string of the molecule is CCOc1ccc2[nH]c(-c3ccc4sc5ccccc5c4c3)c(CCCCN)c2c1. The van der Waals surface area contributed by atoms with Gasteiger partial charge in [0.25, 0.3) is 0 Å². The van der Waals surface area contributed by atoms with Gasteiger partial charge in [0.15, 0.2) is 0 Å². The Labute approximate surface area is 180 Å². The summed E-state index contributed by atoms with van der Waals surface area (Å²) in [6.07, 6.45) is 3.12. The molecule has 3 nitrogen and oxygen atoms in total. The summed E-state index contributed by atoms with van der Waals surface area (Å²) in [6, 6.07) is 21.9. The van der Waals surface area contributed by atoms with Crippen LogP contribution >= 0.6 is 11.3 Å². The molecule has 4 heteroatoms. The highest BCUT2D eigenvalue weighted by Gasteiger charge is 2.15. The first-order valence-corrected chi connectivity index (χ1v) is 11.5. The van der Waals surface area contributed by atoms with E-state index in [-0.39, 0.29) is 0 Å². The molecule has 2 heterocycles. The lowest BCUT2D eigenvalue weighted by molar-refractivity contribution is 0.340. The first-order valence-electron chi connectivity index (χ1n) is 10.7. The van der Waals surface area contributed by atoms with Crippen LogP contribution in [0.3, 0.4) is 0 Å². The number of H-pyrrole nitrogens is 1. The number of nitrogens with one attached hydrogen (secondary N) is 1. The lowest BCUT2D eigenvalue weighted by Crippen LogP contribution is -1.99. The largest absolute Gasteiger partial charge is 0.494 e. The molecule has 0 saturated carbocycles. The van der Waals surface area contributed by atoms with Crippen LogP contribution < -0.4 is 10.5 Å². The number of thiophene rings is 1. The van der Waals surface area contributed by atoms with Crippen molar-refractivity contribution in [3.63, 3.8) is 0 Å². The third kappa shape index (κ3) is 3.36. The lowest BCUT2D eigenvalue weighted by Gasteiger charge is -2.07. The molecule has 0 fully saturated rings. The summed E-state index contributed by atoms with van der Waals surface area (Å²) in [5, 5.41) is 3.91. The molecular formula is C26H26N2OS. The van der Waals surface area contributed by atoms with E-state index in [1.165, 1.54) is 42.4 Å². The maximum absolute atomic E-state index is 5.77. The van der Waals surface area contributed by atoms with E-state index in [0.29, 0.717) is 6.61 Å². The number of rotatable bonds is 7. The van der Waals surface area contributed by atoms with E-state index < -0.39 is 0 Å². The summed E-state index contributed by atoms with van der Waals surface area (Å²) in [6.45, 7) is 3.43. The van der Waals surface area contributed by atoms with Gasteiger partial charge in [-0.1, -0.05) is 24.3 Å². The molecule has 3 N–H and O–H groups in total. The van der Waals surface area contributed by atoms with Crippen LogP contribution in [-0.2, 0) is 6.42 Å². The van der Waals surface area contributed by atoms with E-state index in [1.54, 1.807) is 0 Å². The van der Waals surface area contributed by atoms with Gasteiger partial charge in [-0.15, -0.1) is 11.3 Å². The van der Waals surface area contributed by atoms with E-state index in [2.05, 4.69) is 59.6 Å². The van der Waals surface area contributed by atoms with E-state index in [0.717, 1.165) is 37.1 Å². The van der Waals surface area contributed by atoms with E-state index >= 15 is 0 Å². The Morgan fingerprint density at radius 3 is 2.63 bits per heavy atom. The standard InChI is InChI=1S/C26H26N2OS/c1-2-29-18-11-12-23-21(16-18)20(8-5-6-14-27)26(28-23)17-10-13-25-22(15-17)19-7-3-4-9-24(19)30-25/h3-4,7,9-13,15-16,28H,2,5-6,8,14,27H2,1H3. The topological polar surface area (TPSA) is 51.0 Å². The Morgan fingerprint density at radius 2 is 1.77 bits per heavy atom. The average molecular weight is 415 g/mol. The molecule has 0 aliphatic rings. The number of fused-ring (bicyclic) bond motifs is 4. The third-order valence-corrected chi connectivity index (χ3v) is 6.89. The highest BCUT2D eigenvalue weighted by molar-refractivity contribution is 7.25. The van der Waals surface area contributed by atoms with Crippen molar-refractivity contribution in [2.75, 3.05) is 13.2 Å². The molecule has 3 aromatic carbocycles. The number of hydrogen-bond donors (Lipinski definition) is 2. The Kier molecular flexibility index (Phi) is 5.19. The fourth-order valence-corrected chi connectivity index (χ4v) is 5.40. The molecule has 0 bridgehead atoms. The van der Waals surface area contributed by atoms with E-state index in [1.807, 2.05) is 24.3 Å². The van der Waals surface area contributed by atoms with Gasteiger partial charge in [0.1, 0.15) is 5.75 Å². The van der Waals surface area contributed by atoms with Crippen LogP contribution in [0, 0.1) is 0 Å². The van der Waals surface area contributed by atoms with Crippen LogP contribution in [0.5, 0.6) is 5.75 Å². The van der Waals surface area contributed by atoms with Gasteiger partial charge in [0.2, 0.25) is 0 Å². The van der Waals surface area contributed by atoms with Crippen LogP contribution in [0.4, 0.5) is 0 Å². The fraction of sp³-hybridized carbons (Fsp3) is 0.231. The van der Waals surface area contributed by atoms with Gasteiger partial charge >= 0.3 is 0 Å². The number of benzene rings is 3. The smallest absolute Gasteiger partial charge is 0.120 e. The van der Waals surface area contributed by atoms with E-state index in [9.17, 15) is 0 Å². The predicted molar refractivity (Wildman–Crippen MR) is 130 cm³/mol. The third-order valence-electron chi connectivity index (χ3n) is 5.73. The molecule has 152 valence electrons. The Balaban J connectivity index is 1.68. The molecule has 0 unspecified atom stereocenters. The van der Waals surface area contributed by atoms with Gasteiger partial charge in [-0.05, 0) is 80.3 Å². The monoisotopic (exact) mass is 414 g/mol. The van der Waals surface area contributed by atoms with Gasteiger partial charge in [-0.3, -0.25) is 0 Å². The van der Waals surface area contributed by atoms with Crippen molar-refractivity contribution < 1.29 is 4.74 Å². The Hall–Kier alpha value is -2.82. The fourth-order valence-electron chi connectivity index (χ4n) is 4.32. The lowest BCUT2D eigenvalue weighted by atomic mass is 9.99. The van der Waals surface area contributed by atoms with Crippen molar-refractivity contribution in [3.05, 3.63) is 66.2 Å². The zero-order valence-electron chi connectivity index (χ0n) is 17.2. The van der Waals surface area contributed by atoms with Crippen LogP contribution in [0.15, 0.2) is 60.7 Å². The predicted octanol–water partition coefficient (Wildman–Crippen LogP) is 6.88. The zero-order valence-corrected chi connectivity index (χ0v) is 18.0. The number of aromatic amines is 1. The molecular weight excluding hydrogens is 388 g/mol. The highest BCUT2D eigenvalue weighted by atomic mass is 32.1. The number of ether oxygens (including phenoxy) is 1. The number of aryl methyl sites for hydroxylation is 1. The van der Waals surface area contributed by atoms with Crippen LogP contribution in [0.2, 0.25) is 0 Å². The maximum Gasteiger partial charge on any atom is 0.120 e. The minimum absolute atomic E-state index is 0.674. The maximum atomic E-state index is 5.77. The molecule has 0 atom stereocenters. The summed E-state index contributed by atoms with van der Waals surface area (Å²) in [5.41, 5.74) is 10.7. The summed E-state index contributed by atoms with van der Waals surface area (Å²) in [5.74, 6) is 0.926. The summed E-state index contributed by atoms with van der Waals surface area (Å²) in [4.78, 5) is 3.70. The highest BCUT2D eigenvalue weighted by Crippen LogP contribution is 2.39. The Bertz CT molecular complexity index is 1330.